The Morgan fingerprint density at radius 3 is 2.17 bits per heavy atom. The second-order valence-electron chi connectivity index (χ2n) is 8.06. The van der Waals surface area contributed by atoms with Crippen LogP contribution >= 0.6 is 0 Å². The largest absolute Gasteiger partial charge is 0.377 e. The number of nitrogens with zero attached hydrogens (tertiary/aromatic N) is 2. The fraction of sp³-hybridized carbons (Fsp3) is 0.667. The lowest BCUT2D eigenvalue weighted by atomic mass is 9.77. The van der Waals surface area contributed by atoms with Gasteiger partial charge in [0.25, 0.3) is 0 Å². The van der Waals surface area contributed by atoms with Crippen LogP contribution in [0.3, 0.4) is 0 Å². The van der Waals surface area contributed by atoms with Crippen LogP contribution in [0.4, 0.5) is 0 Å². The molecule has 0 aromatic carbocycles. The van der Waals surface area contributed by atoms with Crippen LogP contribution < -0.4 is 0 Å². The third-order valence-electron chi connectivity index (χ3n) is 5.70. The Kier molecular flexibility index (Phi) is 5.23. The maximum absolute atomic E-state index is 5.02. The number of allylic oxidation sites excluding steroid dienone is 1. The van der Waals surface area contributed by atoms with Crippen molar-refractivity contribution in [1.29, 1.82) is 0 Å². The van der Waals surface area contributed by atoms with E-state index < -0.39 is 0 Å². The van der Waals surface area contributed by atoms with Gasteiger partial charge in [-0.25, -0.2) is 0 Å². The van der Waals surface area contributed by atoms with Crippen molar-refractivity contribution < 1.29 is 0 Å². The summed E-state index contributed by atoms with van der Waals surface area (Å²) in [5.41, 5.74) is 6.76. The van der Waals surface area contributed by atoms with Gasteiger partial charge in [-0.05, 0) is 48.8 Å². The third-order valence-corrected chi connectivity index (χ3v) is 5.70. The van der Waals surface area contributed by atoms with E-state index in [9.17, 15) is 0 Å². The lowest BCUT2D eigenvalue weighted by Crippen LogP contribution is -2.35. The van der Waals surface area contributed by atoms with Gasteiger partial charge in [-0.3, -0.25) is 4.98 Å². The van der Waals surface area contributed by atoms with Crippen molar-refractivity contribution in [2.45, 2.75) is 73.3 Å². The van der Waals surface area contributed by atoms with E-state index in [4.69, 9.17) is 4.98 Å². The van der Waals surface area contributed by atoms with Gasteiger partial charge in [-0.2, -0.15) is 0 Å². The first-order chi connectivity index (χ1) is 10.6. The minimum atomic E-state index is 0.460. The molecule has 2 nitrogen and oxygen atoms in total. The smallest absolute Gasteiger partial charge is 0.0516 e. The number of pyridine rings is 1. The Morgan fingerprint density at radius 1 is 1.04 bits per heavy atom. The lowest BCUT2D eigenvalue weighted by molar-refractivity contribution is 0.238. The fourth-order valence-electron chi connectivity index (χ4n) is 3.70. The van der Waals surface area contributed by atoms with Crippen LogP contribution in [0, 0.1) is 18.8 Å². The van der Waals surface area contributed by atoms with Gasteiger partial charge < -0.3 is 4.90 Å². The highest BCUT2D eigenvalue weighted by molar-refractivity contribution is 5.72. The average Bonchev–Trinajstić information content (AvgIpc) is 2.48. The molecular formula is C21H34N2. The number of aromatic nitrogens is 1. The molecule has 23 heavy (non-hydrogen) atoms. The van der Waals surface area contributed by atoms with Gasteiger partial charge in [0.15, 0.2) is 0 Å². The zero-order valence-corrected chi connectivity index (χ0v) is 16.4. The highest BCUT2D eigenvalue weighted by Gasteiger charge is 2.31. The van der Waals surface area contributed by atoms with Crippen molar-refractivity contribution in [3.8, 4) is 0 Å². The third kappa shape index (κ3) is 3.32. The van der Waals surface area contributed by atoms with Gasteiger partial charge in [0.2, 0.25) is 0 Å². The lowest BCUT2D eigenvalue weighted by Gasteiger charge is -2.38. The molecule has 2 rings (SSSR count). The number of rotatable bonds is 2. The monoisotopic (exact) mass is 314 g/mol. The summed E-state index contributed by atoms with van der Waals surface area (Å²) in [6.07, 6.45) is 2.37. The normalized spacial score (nSPS) is 27.5. The Bertz CT molecular complexity index is 598. The minimum Gasteiger partial charge on any atom is -0.377 e. The maximum Gasteiger partial charge on any atom is 0.0516 e. The molecule has 0 bridgehead atoms. The summed E-state index contributed by atoms with van der Waals surface area (Å²) in [6, 6.07) is 2.80. The van der Waals surface area contributed by atoms with Crippen LogP contribution in [-0.2, 0) is 0 Å². The van der Waals surface area contributed by atoms with Crippen molar-refractivity contribution in [2.75, 3.05) is 7.05 Å². The molecule has 0 aliphatic carbocycles. The van der Waals surface area contributed by atoms with Crippen LogP contribution in [-0.4, -0.2) is 23.0 Å². The highest BCUT2D eigenvalue weighted by atomic mass is 15.1. The van der Waals surface area contributed by atoms with Crippen LogP contribution in [0.2, 0.25) is 0 Å². The first kappa shape index (κ1) is 18.0. The molecule has 0 fully saturated rings. The number of fused-ring (bicyclic) bond motifs is 1. The topological polar surface area (TPSA) is 16.1 Å². The minimum absolute atomic E-state index is 0.460. The van der Waals surface area contributed by atoms with Gasteiger partial charge in [0.05, 0.1) is 5.69 Å². The molecule has 128 valence electrons. The summed E-state index contributed by atoms with van der Waals surface area (Å²) in [5, 5.41) is 0. The quantitative estimate of drug-likeness (QED) is 0.708. The zero-order valence-electron chi connectivity index (χ0n) is 16.4. The number of hydrogen-bond acceptors (Lipinski definition) is 2. The molecule has 0 saturated carbocycles. The van der Waals surface area contributed by atoms with Crippen molar-refractivity contribution in [3.05, 3.63) is 34.8 Å². The molecule has 3 atom stereocenters. The maximum atomic E-state index is 5.02. The molecule has 1 aliphatic rings. The second-order valence-corrected chi connectivity index (χ2v) is 8.06. The van der Waals surface area contributed by atoms with Crippen molar-refractivity contribution in [1.82, 2.24) is 9.88 Å². The van der Waals surface area contributed by atoms with Gasteiger partial charge in [-0.15, -0.1) is 0 Å². The van der Waals surface area contributed by atoms with E-state index in [0.717, 1.165) is 5.69 Å². The van der Waals surface area contributed by atoms with Crippen molar-refractivity contribution in [3.63, 3.8) is 0 Å². The van der Waals surface area contributed by atoms with E-state index in [1.54, 1.807) is 0 Å². The Balaban J connectivity index is 2.83. The predicted octanol–water partition coefficient (Wildman–Crippen LogP) is 5.58. The standard InChI is InChI=1S/C21H34N2/c1-12(2)18-10-14(5)22-21-16(7)15(6)17(8)23(9)11-19(13(3)4)20(18)21/h10-13,15-17H,1-9H3/b19-11-/t15-,16+,17-/m0/s1. The van der Waals surface area contributed by atoms with Gasteiger partial charge in [0.1, 0.15) is 0 Å². The van der Waals surface area contributed by atoms with Crippen LogP contribution in [0.15, 0.2) is 12.3 Å². The van der Waals surface area contributed by atoms with E-state index in [2.05, 4.69) is 79.6 Å². The van der Waals surface area contributed by atoms with E-state index in [1.165, 1.54) is 22.4 Å². The molecule has 0 amide bonds. The molecule has 2 heteroatoms. The van der Waals surface area contributed by atoms with E-state index in [-0.39, 0.29) is 0 Å². The summed E-state index contributed by atoms with van der Waals surface area (Å²) < 4.78 is 0. The number of hydrogen-bond donors (Lipinski definition) is 0. The number of aryl methyl sites for hydroxylation is 1. The van der Waals surface area contributed by atoms with Gasteiger partial charge >= 0.3 is 0 Å². The molecule has 0 saturated heterocycles. The molecule has 0 unspecified atom stereocenters. The van der Waals surface area contributed by atoms with Crippen LogP contribution in [0.1, 0.15) is 82.8 Å². The predicted molar refractivity (Wildman–Crippen MR) is 101 cm³/mol. The first-order valence-corrected chi connectivity index (χ1v) is 9.10. The van der Waals surface area contributed by atoms with E-state index >= 15 is 0 Å². The van der Waals surface area contributed by atoms with E-state index in [0.29, 0.717) is 29.7 Å². The average molecular weight is 315 g/mol. The molecule has 0 N–H and O–H groups in total. The highest BCUT2D eigenvalue weighted by Crippen LogP contribution is 2.41. The summed E-state index contributed by atoms with van der Waals surface area (Å²) in [5.74, 6) is 2.03. The molecule has 1 aromatic heterocycles. The molecule has 0 spiro atoms. The summed E-state index contributed by atoms with van der Waals surface area (Å²) in [6.45, 7) is 18.4. The second kappa shape index (κ2) is 6.67. The summed E-state index contributed by atoms with van der Waals surface area (Å²) >= 11 is 0. The molecular weight excluding hydrogens is 280 g/mol. The van der Waals surface area contributed by atoms with Gasteiger partial charge in [-0.1, -0.05) is 41.5 Å². The van der Waals surface area contributed by atoms with Gasteiger partial charge in [0, 0.05) is 36.5 Å². The van der Waals surface area contributed by atoms with Crippen LogP contribution in [0.5, 0.6) is 0 Å². The first-order valence-electron chi connectivity index (χ1n) is 9.10. The summed E-state index contributed by atoms with van der Waals surface area (Å²) in [4.78, 5) is 7.43. The SMILES string of the molecule is Cc1cc(C(C)C)c2c(n1)[C@H](C)[C@H](C)[C@H](C)N(C)/C=C\2C(C)C. The Morgan fingerprint density at radius 2 is 1.65 bits per heavy atom. The van der Waals surface area contributed by atoms with E-state index in [1.807, 2.05) is 0 Å². The Labute approximate surface area is 143 Å². The van der Waals surface area contributed by atoms with Crippen molar-refractivity contribution >= 4 is 5.57 Å². The molecule has 0 radical (unpaired) electrons. The fourth-order valence-corrected chi connectivity index (χ4v) is 3.70. The van der Waals surface area contributed by atoms with Crippen LogP contribution in [0.25, 0.3) is 5.57 Å². The summed E-state index contributed by atoms with van der Waals surface area (Å²) in [7, 11) is 2.22. The Hall–Kier alpha value is -1.31. The van der Waals surface area contributed by atoms with Crippen molar-refractivity contribution in [2.24, 2.45) is 11.8 Å². The molecule has 2 heterocycles. The molecule has 1 aromatic rings. The zero-order chi connectivity index (χ0) is 17.5. The molecule has 1 aliphatic heterocycles.